The maximum Gasteiger partial charge on any atom is 0.227 e. The van der Waals surface area contributed by atoms with Crippen molar-refractivity contribution >= 4 is 40.9 Å². The van der Waals surface area contributed by atoms with E-state index in [1.165, 1.54) is 3.57 Å². The third-order valence-corrected chi connectivity index (χ3v) is 3.49. The Labute approximate surface area is 121 Å². The minimum Gasteiger partial charge on any atom is -0.341 e. The van der Waals surface area contributed by atoms with Gasteiger partial charge in [0.05, 0.1) is 6.42 Å². The van der Waals surface area contributed by atoms with Gasteiger partial charge in [0.25, 0.3) is 0 Å². The first kappa shape index (κ1) is 14.7. The number of likely N-dealkylation sites (tertiary alicyclic amines) is 1. The SMILES string of the molecule is Cl.N[C@@H]1CCN(C(=O)Cc2cccc(I)c2)C1. The van der Waals surface area contributed by atoms with E-state index in [1.807, 2.05) is 23.1 Å². The molecule has 0 bridgehead atoms. The van der Waals surface area contributed by atoms with Crippen LogP contribution in [0.15, 0.2) is 24.3 Å². The van der Waals surface area contributed by atoms with Crippen LogP contribution in [0.5, 0.6) is 0 Å². The molecule has 1 atom stereocenters. The zero-order chi connectivity index (χ0) is 11.5. The number of rotatable bonds is 2. The quantitative estimate of drug-likeness (QED) is 0.812. The van der Waals surface area contributed by atoms with Gasteiger partial charge in [-0.25, -0.2) is 0 Å². The van der Waals surface area contributed by atoms with Gasteiger partial charge >= 0.3 is 0 Å². The lowest BCUT2D eigenvalue weighted by Gasteiger charge is -2.15. The van der Waals surface area contributed by atoms with Crippen molar-refractivity contribution in [3.63, 3.8) is 0 Å². The summed E-state index contributed by atoms with van der Waals surface area (Å²) in [5.41, 5.74) is 6.87. The predicted molar refractivity (Wildman–Crippen MR) is 79.3 cm³/mol. The minimum atomic E-state index is 0. The first-order valence-electron chi connectivity index (χ1n) is 5.43. The van der Waals surface area contributed by atoms with Gasteiger partial charge in [0.2, 0.25) is 5.91 Å². The normalized spacial score (nSPS) is 18.9. The summed E-state index contributed by atoms with van der Waals surface area (Å²) in [6.45, 7) is 1.52. The zero-order valence-electron chi connectivity index (χ0n) is 9.43. The van der Waals surface area contributed by atoms with Crippen LogP contribution in [-0.4, -0.2) is 29.9 Å². The summed E-state index contributed by atoms with van der Waals surface area (Å²) in [6, 6.07) is 8.23. The Morgan fingerprint density at radius 2 is 2.29 bits per heavy atom. The van der Waals surface area contributed by atoms with Crippen LogP contribution in [-0.2, 0) is 11.2 Å². The molecule has 1 aromatic carbocycles. The molecule has 2 rings (SSSR count). The maximum absolute atomic E-state index is 11.9. The molecular weight excluding hydrogens is 351 g/mol. The first-order chi connectivity index (χ1) is 7.65. The van der Waals surface area contributed by atoms with E-state index < -0.39 is 0 Å². The molecule has 1 amide bonds. The Kier molecular flexibility index (Phi) is 5.69. The van der Waals surface area contributed by atoms with Crippen molar-refractivity contribution in [3.8, 4) is 0 Å². The number of nitrogens with zero attached hydrogens (tertiary/aromatic N) is 1. The standard InChI is InChI=1S/C12H15IN2O.ClH/c13-10-3-1-2-9(6-10)7-12(16)15-5-4-11(14)8-15;/h1-3,6,11H,4-5,7-8,14H2;1H/t11-;/m1./s1. The second-order valence-corrected chi connectivity index (χ2v) is 5.44. The Bertz CT molecular complexity index is 400. The number of hydrogen-bond donors (Lipinski definition) is 1. The zero-order valence-corrected chi connectivity index (χ0v) is 12.4. The predicted octanol–water partition coefficient (Wildman–Crippen LogP) is 1.82. The third-order valence-electron chi connectivity index (χ3n) is 2.82. The Balaban J connectivity index is 0.00000144. The number of amides is 1. The lowest BCUT2D eigenvalue weighted by molar-refractivity contribution is -0.129. The van der Waals surface area contributed by atoms with Crippen LogP contribution >= 0.6 is 35.0 Å². The van der Waals surface area contributed by atoms with Crippen LogP contribution in [0.3, 0.4) is 0 Å². The summed E-state index contributed by atoms with van der Waals surface area (Å²) >= 11 is 2.26. The van der Waals surface area contributed by atoms with Crippen molar-refractivity contribution in [2.75, 3.05) is 13.1 Å². The van der Waals surface area contributed by atoms with Crippen LogP contribution in [0.25, 0.3) is 0 Å². The van der Waals surface area contributed by atoms with E-state index in [-0.39, 0.29) is 24.4 Å². The molecule has 1 aliphatic rings. The van der Waals surface area contributed by atoms with Gasteiger partial charge in [-0.1, -0.05) is 12.1 Å². The summed E-state index contributed by atoms with van der Waals surface area (Å²) in [4.78, 5) is 13.8. The van der Waals surface area contributed by atoms with Gasteiger partial charge < -0.3 is 10.6 Å². The second-order valence-electron chi connectivity index (χ2n) is 4.20. The van der Waals surface area contributed by atoms with Crippen LogP contribution in [0.4, 0.5) is 0 Å². The highest BCUT2D eigenvalue weighted by Gasteiger charge is 2.23. The molecule has 5 heteroatoms. The van der Waals surface area contributed by atoms with Crippen molar-refractivity contribution in [1.82, 2.24) is 4.90 Å². The van der Waals surface area contributed by atoms with Crippen molar-refractivity contribution in [3.05, 3.63) is 33.4 Å². The fourth-order valence-corrected chi connectivity index (χ4v) is 2.55. The van der Waals surface area contributed by atoms with Gasteiger partial charge in [-0.05, 0) is 46.7 Å². The van der Waals surface area contributed by atoms with Crippen LogP contribution in [0, 0.1) is 3.57 Å². The molecule has 1 aromatic rings. The van der Waals surface area contributed by atoms with Crippen LogP contribution in [0.1, 0.15) is 12.0 Å². The van der Waals surface area contributed by atoms with E-state index >= 15 is 0 Å². The summed E-state index contributed by atoms with van der Waals surface area (Å²) in [5, 5.41) is 0. The second kappa shape index (κ2) is 6.56. The van der Waals surface area contributed by atoms with Crippen molar-refractivity contribution < 1.29 is 4.79 Å². The number of carbonyl (C=O) groups is 1. The van der Waals surface area contributed by atoms with Gasteiger partial charge in [-0.2, -0.15) is 0 Å². The van der Waals surface area contributed by atoms with Crippen LogP contribution < -0.4 is 5.73 Å². The molecule has 0 aliphatic carbocycles. The molecule has 0 saturated carbocycles. The molecule has 3 nitrogen and oxygen atoms in total. The Morgan fingerprint density at radius 3 is 2.88 bits per heavy atom. The topological polar surface area (TPSA) is 46.3 Å². The fourth-order valence-electron chi connectivity index (χ4n) is 1.95. The third kappa shape index (κ3) is 4.12. The summed E-state index contributed by atoms with van der Waals surface area (Å²) in [7, 11) is 0. The lowest BCUT2D eigenvalue weighted by atomic mass is 10.1. The monoisotopic (exact) mass is 366 g/mol. The highest BCUT2D eigenvalue weighted by atomic mass is 127. The molecule has 2 N–H and O–H groups in total. The number of carbonyl (C=O) groups excluding carboxylic acids is 1. The Hall–Kier alpha value is -0.330. The molecule has 0 aromatic heterocycles. The summed E-state index contributed by atoms with van der Waals surface area (Å²) in [6.07, 6.45) is 1.42. The van der Waals surface area contributed by atoms with Gasteiger partial charge in [0.1, 0.15) is 0 Å². The smallest absolute Gasteiger partial charge is 0.227 e. The molecule has 0 spiro atoms. The lowest BCUT2D eigenvalue weighted by Crippen LogP contribution is -2.32. The molecule has 17 heavy (non-hydrogen) atoms. The molecule has 1 aliphatic heterocycles. The molecular formula is C12H16ClIN2O. The van der Waals surface area contributed by atoms with E-state index in [2.05, 4.69) is 28.7 Å². The van der Waals surface area contributed by atoms with E-state index in [1.54, 1.807) is 0 Å². The van der Waals surface area contributed by atoms with E-state index in [9.17, 15) is 4.79 Å². The molecule has 1 fully saturated rings. The average molecular weight is 367 g/mol. The van der Waals surface area contributed by atoms with Gasteiger partial charge in [-0.3, -0.25) is 4.79 Å². The Morgan fingerprint density at radius 1 is 1.53 bits per heavy atom. The van der Waals surface area contributed by atoms with Crippen molar-refractivity contribution in [2.45, 2.75) is 18.9 Å². The van der Waals surface area contributed by atoms with Gasteiger partial charge in [0, 0.05) is 22.7 Å². The fraction of sp³-hybridized carbons (Fsp3) is 0.417. The van der Waals surface area contributed by atoms with E-state index in [0.717, 1.165) is 18.5 Å². The largest absolute Gasteiger partial charge is 0.341 e. The summed E-state index contributed by atoms with van der Waals surface area (Å²) < 4.78 is 1.17. The van der Waals surface area contributed by atoms with Crippen molar-refractivity contribution in [1.29, 1.82) is 0 Å². The highest BCUT2D eigenvalue weighted by Crippen LogP contribution is 2.12. The summed E-state index contributed by atoms with van der Waals surface area (Å²) in [5.74, 6) is 0.190. The van der Waals surface area contributed by atoms with E-state index in [4.69, 9.17) is 5.73 Å². The first-order valence-corrected chi connectivity index (χ1v) is 6.51. The number of halogens is 2. The van der Waals surface area contributed by atoms with Crippen molar-refractivity contribution in [2.24, 2.45) is 5.73 Å². The molecule has 0 radical (unpaired) electrons. The van der Waals surface area contributed by atoms with Gasteiger partial charge in [0.15, 0.2) is 0 Å². The number of hydrogen-bond acceptors (Lipinski definition) is 2. The average Bonchev–Trinajstić information content (AvgIpc) is 2.65. The molecule has 94 valence electrons. The minimum absolute atomic E-state index is 0. The number of nitrogens with two attached hydrogens (primary N) is 1. The van der Waals surface area contributed by atoms with Crippen LogP contribution in [0.2, 0.25) is 0 Å². The molecule has 1 heterocycles. The molecule has 1 saturated heterocycles. The molecule has 0 unspecified atom stereocenters. The number of benzene rings is 1. The maximum atomic E-state index is 11.9. The van der Waals surface area contributed by atoms with E-state index in [0.29, 0.717) is 13.0 Å². The van der Waals surface area contributed by atoms with Gasteiger partial charge in [-0.15, -0.1) is 12.4 Å². The highest BCUT2D eigenvalue weighted by molar-refractivity contribution is 14.1.